The molecule has 0 atom stereocenters. The summed E-state index contributed by atoms with van der Waals surface area (Å²) >= 11 is 0. The molecular weight excluding hydrogens is 250 g/mol. The molecule has 1 heterocycles. The van der Waals surface area contributed by atoms with Gasteiger partial charge in [0.15, 0.2) is 0 Å². The zero-order valence-electron chi connectivity index (χ0n) is 10.3. The lowest BCUT2D eigenvalue weighted by molar-refractivity contribution is -0.268. The van der Waals surface area contributed by atoms with Crippen molar-refractivity contribution in [1.82, 2.24) is 0 Å². The summed E-state index contributed by atoms with van der Waals surface area (Å²) in [6.45, 7) is 3.05. The average Bonchev–Trinajstić information content (AvgIpc) is 2.53. The first-order valence-corrected chi connectivity index (χ1v) is 5.45. The number of hydrogen-bond donors (Lipinski definition) is 1. The topological polar surface area (TPSA) is 97.7 Å². The highest BCUT2D eigenvalue weighted by Crippen LogP contribution is 2.29. The molecule has 6 heteroatoms. The van der Waals surface area contributed by atoms with Crippen LogP contribution in [0.3, 0.4) is 0 Å². The Kier molecular flexibility index (Phi) is 2.86. The van der Waals surface area contributed by atoms with Crippen LogP contribution < -0.4 is 10.0 Å². The highest BCUT2D eigenvalue weighted by atomic mass is 16.4. The Morgan fingerprint density at radius 1 is 1.16 bits per heavy atom. The van der Waals surface area contributed by atoms with E-state index < -0.39 is 29.1 Å². The van der Waals surface area contributed by atoms with E-state index in [1.807, 2.05) is 0 Å². The molecule has 98 valence electrons. The highest BCUT2D eigenvalue weighted by molar-refractivity contribution is 6.32. The Bertz CT molecular complexity index is 620. The largest absolute Gasteiger partial charge is 0.872 e. The summed E-state index contributed by atoms with van der Waals surface area (Å²) in [7, 11) is 0. The molecular formula is C13H10NO5-. The molecule has 1 aliphatic rings. The van der Waals surface area contributed by atoms with Gasteiger partial charge in [0.2, 0.25) is 0 Å². The molecule has 0 saturated heterocycles. The molecule has 0 unspecified atom stereocenters. The average molecular weight is 260 g/mol. The standard InChI is InChI=1S/C13H11NO5/c1-6-7(2)12(17)14(11(6)16)8-3-4-9(13(18)19)10(15)5-8/h3-5,15H,1-2H3,(H,18,19)/p-1. The number of nitrogens with zero attached hydrogens (tertiary/aromatic N) is 1. The molecule has 19 heavy (non-hydrogen) atoms. The number of amides is 2. The fourth-order valence-electron chi connectivity index (χ4n) is 1.81. The van der Waals surface area contributed by atoms with Crippen LogP contribution in [0.15, 0.2) is 29.3 Å². The fourth-order valence-corrected chi connectivity index (χ4v) is 1.81. The number of carboxylic acid groups (broad SMARTS) is 1. The van der Waals surface area contributed by atoms with Crippen molar-refractivity contribution in [3.8, 4) is 5.75 Å². The van der Waals surface area contributed by atoms with Crippen molar-refractivity contribution in [1.29, 1.82) is 0 Å². The molecule has 1 aromatic carbocycles. The summed E-state index contributed by atoms with van der Waals surface area (Å²) in [6.07, 6.45) is 0. The van der Waals surface area contributed by atoms with E-state index >= 15 is 0 Å². The van der Waals surface area contributed by atoms with E-state index in [-0.39, 0.29) is 5.69 Å². The minimum Gasteiger partial charge on any atom is -0.872 e. The van der Waals surface area contributed by atoms with Gasteiger partial charge in [0.1, 0.15) is 0 Å². The highest BCUT2D eigenvalue weighted by Gasteiger charge is 2.34. The van der Waals surface area contributed by atoms with Crippen LogP contribution in [0.2, 0.25) is 0 Å². The Hall–Kier alpha value is -2.63. The van der Waals surface area contributed by atoms with Gasteiger partial charge in [0, 0.05) is 11.1 Å². The molecule has 0 saturated carbocycles. The van der Waals surface area contributed by atoms with Crippen LogP contribution in [0.1, 0.15) is 24.2 Å². The van der Waals surface area contributed by atoms with Crippen molar-refractivity contribution in [2.24, 2.45) is 0 Å². The van der Waals surface area contributed by atoms with E-state index in [2.05, 4.69) is 0 Å². The summed E-state index contributed by atoms with van der Waals surface area (Å²) in [5.41, 5.74) is 0.324. The molecule has 1 aromatic rings. The first kappa shape index (κ1) is 12.8. The van der Waals surface area contributed by atoms with Crippen LogP contribution in [-0.2, 0) is 9.59 Å². The van der Waals surface area contributed by atoms with E-state index in [4.69, 9.17) is 5.11 Å². The summed E-state index contributed by atoms with van der Waals surface area (Å²) < 4.78 is 0. The van der Waals surface area contributed by atoms with Gasteiger partial charge >= 0.3 is 5.97 Å². The van der Waals surface area contributed by atoms with Crippen molar-refractivity contribution in [3.63, 3.8) is 0 Å². The van der Waals surface area contributed by atoms with Crippen LogP contribution in [-0.4, -0.2) is 22.9 Å². The SMILES string of the molecule is CC1=C(C)C(=O)N(c2ccc(C(=O)O)c([O-])c2)C1=O. The zero-order valence-corrected chi connectivity index (χ0v) is 10.3. The number of imide groups is 1. The lowest BCUT2D eigenvalue weighted by Crippen LogP contribution is -2.31. The third-order valence-corrected chi connectivity index (χ3v) is 3.06. The van der Waals surface area contributed by atoms with E-state index in [1.54, 1.807) is 0 Å². The van der Waals surface area contributed by atoms with Crippen molar-refractivity contribution in [2.75, 3.05) is 4.90 Å². The summed E-state index contributed by atoms with van der Waals surface area (Å²) in [5, 5.41) is 20.3. The normalized spacial score (nSPS) is 15.4. The predicted molar refractivity (Wildman–Crippen MR) is 63.7 cm³/mol. The maximum atomic E-state index is 11.9. The molecule has 0 aromatic heterocycles. The molecule has 0 aliphatic carbocycles. The second-order valence-corrected chi connectivity index (χ2v) is 4.18. The van der Waals surface area contributed by atoms with Gasteiger partial charge in [0.25, 0.3) is 11.8 Å². The number of hydrogen-bond acceptors (Lipinski definition) is 4. The van der Waals surface area contributed by atoms with E-state index in [1.165, 1.54) is 19.9 Å². The number of aromatic carboxylic acids is 1. The number of carbonyl (C=O) groups excluding carboxylic acids is 2. The third-order valence-electron chi connectivity index (χ3n) is 3.06. The van der Waals surface area contributed by atoms with E-state index in [9.17, 15) is 19.5 Å². The lowest BCUT2D eigenvalue weighted by Gasteiger charge is -2.18. The molecule has 6 nitrogen and oxygen atoms in total. The number of carboxylic acids is 1. The van der Waals surface area contributed by atoms with Crippen LogP contribution in [0.25, 0.3) is 0 Å². The number of benzene rings is 1. The number of rotatable bonds is 2. The fraction of sp³-hybridized carbons (Fsp3) is 0.154. The second-order valence-electron chi connectivity index (χ2n) is 4.18. The molecule has 2 rings (SSSR count). The van der Waals surface area contributed by atoms with Crippen LogP contribution in [0, 0.1) is 0 Å². The Labute approximate surface area is 108 Å². The number of carbonyl (C=O) groups is 3. The maximum Gasteiger partial charge on any atom is 0.335 e. The van der Waals surface area contributed by atoms with Gasteiger partial charge in [-0.1, -0.05) is 5.75 Å². The number of anilines is 1. The van der Waals surface area contributed by atoms with Gasteiger partial charge < -0.3 is 10.2 Å². The minimum absolute atomic E-state index is 0.0844. The van der Waals surface area contributed by atoms with Crippen molar-refractivity contribution in [3.05, 3.63) is 34.9 Å². The van der Waals surface area contributed by atoms with E-state index in [0.717, 1.165) is 17.0 Å². The Morgan fingerprint density at radius 3 is 2.11 bits per heavy atom. The molecule has 1 aliphatic heterocycles. The summed E-state index contributed by atoms with van der Waals surface area (Å²) in [4.78, 5) is 35.4. The van der Waals surface area contributed by atoms with Crippen molar-refractivity contribution >= 4 is 23.5 Å². The molecule has 2 amide bonds. The zero-order chi connectivity index (χ0) is 14.3. The van der Waals surface area contributed by atoms with Crippen LogP contribution in [0.4, 0.5) is 5.69 Å². The summed E-state index contributed by atoms with van der Waals surface area (Å²) in [5.74, 6) is -3.08. The first-order chi connectivity index (χ1) is 8.84. The van der Waals surface area contributed by atoms with E-state index in [0.29, 0.717) is 11.1 Å². The molecule has 1 N–H and O–H groups in total. The first-order valence-electron chi connectivity index (χ1n) is 5.45. The quantitative estimate of drug-likeness (QED) is 0.788. The second kappa shape index (κ2) is 4.24. The Morgan fingerprint density at radius 2 is 1.68 bits per heavy atom. The van der Waals surface area contributed by atoms with Crippen LogP contribution in [0.5, 0.6) is 5.75 Å². The smallest absolute Gasteiger partial charge is 0.335 e. The van der Waals surface area contributed by atoms with Gasteiger partial charge in [-0.15, -0.1) is 0 Å². The monoisotopic (exact) mass is 260 g/mol. The predicted octanol–water partition coefficient (Wildman–Crippen LogP) is 0.668. The molecule has 0 spiro atoms. The van der Waals surface area contributed by atoms with Gasteiger partial charge in [-0.3, -0.25) is 9.59 Å². The third kappa shape index (κ3) is 1.87. The van der Waals surface area contributed by atoms with Crippen LogP contribution >= 0.6 is 0 Å². The minimum atomic E-state index is -1.35. The molecule has 0 radical (unpaired) electrons. The molecule has 0 fully saturated rings. The molecule has 0 bridgehead atoms. The van der Waals surface area contributed by atoms with Crippen molar-refractivity contribution in [2.45, 2.75) is 13.8 Å². The maximum absolute atomic E-state index is 11.9. The summed E-state index contributed by atoms with van der Waals surface area (Å²) in [6, 6.07) is 3.33. The van der Waals surface area contributed by atoms with Gasteiger partial charge in [-0.2, -0.15) is 0 Å². The Balaban J connectivity index is 2.46. The van der Waals surface area contributed by atoms with Gasteiger partial charge in [-0.05, 0) is 32.0 Å². The van der Waals surface area contributed by atoms with Gasteiger partial charge in [0.05, 0.1) is 11.3 Å². The van der Waals surface area contributed by atoms with Crippen molar-refractivity contribution < 1.29 is 24.6 Å². The van der Waals surface area contributed by atoms with Gasteiger partial charge in [-0.25, -0.2) is 9.69 Å². The lowest BCUT2D eigenvalue weighted by atomic mass is 10.1.